The number of hydrogen-bond acceptors (Lipinski definition) is 5. The Labute approximate surface area is 200 Å². The first-order chi connectivity index (χ1) is 15.9. The van der Waals surface area contributed by atoms with E-state index in [0.717, 1.165) is 31.4 Å². The van der Waals surface area contributed by atoms with E-state index in [1.807, 2.05) is 0 Å². The number of benzene rings is 2. The molecule has 0 bridgehead atoms. The minimum absolute atomic E-state index is 0.0153. The standard InChI is InChI=1S/C24H22Cl2FN3O3/c25-17-5-1-2-7-22(17)33-14-20-16(24(31)32)12-28-23(29-20)21-6-3-4-10-30(21)13-15-8-9-19(27)18(26)11-15/h1-2,5,7-9,11-12,21H,3-4,6,10,13-14H2,(H,31,32). The van der Waals surface area contributed by atoms with Gasteiger partial charge in [-0.1, -0.05) is 47.8 Å². The zero-order valence-corrected chi connectivity index (χ0v) is 19.2. The summed E-state index contributed by atoms with van der Waals surface area (Å²) in [5, 5.41) is 10.1. The fourth-order valence-corrected chi connectivity index (χ4v) is 4.33. The zero-order chi connectivity index (χ0) is 23.4. The maximum Gasteiger partial charge on any atom is 0.339 e. The molecule has 0 aliphatic carbocycles. The summed E-state index contributed by atoms with van der Waals surface area (Å²) in [6.45, 7) is 1.32. The van der Waals surface area contributed by atoms with Gasteiger partial charge in [-0.25, -0.2) is 19.2 Å². The van der Waals surface area contributed by atoms with Crippen LogP contribution in [0.3, 0.4) is 0 Å². The fraction of sp³-hybridized carbons (Fsp3) is 0.292. The predicted octanol–water partition coefficient (Wildman–Crippen LogP) is 5.93. The molecule has 1 aromatic heterocycles. The minimum Gasteiger partial charge on any atom is -0.486 e. The smallest absolute Gasteiger partial charge is 0.339 e. The van der Waals surface area contributed by atoms with Gasteiger partial charge in [0.15, 0.2) is 0 Å². The number of carboxylic acids is 1. The van der Waals surface area contributed by atoms with E-state index in [0.29, 0.717) is 23.1 Å². The lowest BCUT2D eigenvalue weighted by molar-refractivity contribution is 0.0692. The van der Waals surface area contributed by atoms with Crippen LogP contribution in [0.15, 0.2) is 48.7 Å². The highest BCUT2D eigenvalue weighted by molar-refractivity contribution is 6.32. The van der Waals surface area contributed by atoms with Crippen molar-refractivity contribution in [3.05, 3.63) is 87.2 Å². The van der Waals surface area contributed by atoms with Crippen molar-refractivity contribution in [1.29, 1.82) is 0 Å². The van der Waals surface area contributed by atoms with Gasteiger partial charge in [-0.15, -0.1) is 0 Å². The summed E-state index contributed by atoms with van der Waals surface area (Å²) in [4.78, 5) is 22.9. The number of carbonyl (C=O) groups is 1. The molecule has 1 aliphatic heterocycles. The van der Waals surface area contributed by atoms with Crippen LogP contribution in [0.25, 0.3) is 0 Å². The van der Waals surface area contributed by atoms with Crippen LogP contribution in [0.5, 0.6) is 5.75 Å². The normalized spacial score (nSPS) is 16.5. The number of nitrogens with zero attached hydrogens (tertiary/aromatic N) is 3. The zero-order valence-electron chi connectivity index (χ0n) is 17.7. The van der Waals surface area contributed by atoms with Gasteiger partial charge in [0, 0.05) is 12.7 Å². The molecule has 1 saturated heterocycles. The second kappa shape index (κ2) is 10.5. The number of hydrogen-bond donors (Lipinski definition) is 1. The Balaban J connectivity index is 1.59. The molecule has 1 unspecified atom stereocenters. The number of likely N-dealkylation sites (tertiary alicyclic amines) is 1. The number of aromatic nitrogens is 2. The SMILES string of the molecule is O=C(O)c1cnc(C2CCCCN2Cc2ccc(F)c(Cl)c2)nc1COc1ccccc1Cl. The molecule has 33 heavy (non-hydrogen) atoms. The van der Waals surface area contributed by atoms with Gasteiger partial charge in [0.1, 0.15) is 29.6 Å². The third-order valence-corrected chi connectivity index (χ3v) is 6.20. The lowest BCUT2D eigenvalue weighted by Gasteiger charge is -2.35. The van der Waals surface area contributed by atoms with Crippen molar-refractivity contribution in [1.82, 2.24) is 14.9 Å². The van der Waals surface area contributed by atoms with E-state index in [-0.39, 0.29) is 28.9 Å². The van der Waals surface area contributed by atoms with Crippen LogP contribution in [0.1, 0.15) is 52.7 Å². The average molecular weight is 490 g/mol. The highest BCUT2D eigenvalue weighted by atomic mass is 35.5. The van der Waals surface area contributed by atoms with Crippen LogP contribution in [-0.4, -0.2) is 32.5 Å². The van der Waals surface area contributed by atoms with Gasteiger partial charge in [-0.05, 0) is 49.2 Å². The molecule has 0 radical (unpaired) electrons. The number of aromatic carboxylic acids is 1. The van der Waals surface area contributed by atoms with Crippen molar-refractivity contribution in [2.75, 3.05) is 6.54 Å². The van der Waals surface area contributed by atoms with Crippen molar-refractivity contribution < 1.29 is 19.0 Å². The second-order valence-corrected chi connectivity index (χ2v) is 8.66. The molecule has 0 spiro atoms. The number of halogens is 3. The van der Waals surface area contributed by atoms with Crippen LogP contribution >= 0.6 is 23.2 Å². The molecule has 1 fully saturated rings. The van der Waals surface area contributed by atoms with Gasteiger partial charge in [0.05, 0.1) is 21.8 Å². The van der Waals surface area contributed by atoms with Crippen LogP contribution < -0.4 is 4.74 Å². The molecule has 1 N–H and O–H groups in total. The molecule has 2 aromatic carbocycles. The Morgan fingerprint density at radius 1 is 1.18 bits per heavy atom. The van der Waals surface area contributed by atoms with Crippen molar-refractivity contribution in [2.24, 2.45) is 0 Å². The van der Waals surface area contributed by atoms with Crippen molar-refractivity contribution in [3.8, 4) is 5.75 Å². The maximum atomic E-state index is 13.6. The van der Waals surface area contributed by atoms with E-state index < -0.39 is 11.8 Å². The molecule has 1 aliphatic rings. The summed E-state index contributed by atoms with van der Waals surface area (Å²) in [5.74, 6) is -0.596. The molecule has 3 aromatic rings. The topological polar surface area (TPSA) is 75.5 Å². The summed E-state index contributed by atoms with van der Waals surface area (Å²) in [7, 11) is 0. The van der Waals surface area contributed by atoms with E-state index in [1.165, 1.54) is 12.3 Å². The quantitative estimate of drug-likeness (QED) is 0.443. The van der Waals surface area contributed by atoms with Crippen LogP contribution in [0, 0.1) is 5.82 Å². The molecule has 4 rings (SSSR count). The summed E-state index contributed by atoms with van der Waals surface area (Å²) in [6.07, 6.45) is 4.17. The van der Waals surface area contributed by atoms with Gasteiger partial charge < -0.3 is 9.84 Å². The fourth-order valence-electron chi connectivity index (χ4n) is 3.93. The lowest BCUT2D eigenvalue weighted by atomic mass is 10.00. The Kier molecular flexibility index (Phi) is 7.42. The maximum absolute atomic E-state index is 13.6. The van der Waals surface area contributed by atoms with E-state index in [2.05, 4.69) is 14.9 Å². The van der Waals surface area contributed by atoms with Gasteiger partial charge in [0.25, 0.3) is 0 Å². The molecule has 0 amide bonds. The Morgan fingerprint density at radius 2 is 2.00 bits per heavy atom. The molecule has 172 valence electrons. The van der Waals surface area contributed by atoms with Crippen LogP contribution in [0.2, 0.25) is 10.0 Å². The number of ether oxygens (including phenoxy) is 1. The molecule has 0 saturated carbocycles. The summed E-state index contributed by atoms with van der Waals surface area (Å²) < 4.78 is 19.3. The molecular formula is C24H22Cl2FN3O3. The minimum atomic E-state index is -1.12. The summed E-state index contributed by atoms with van der Waals surface area (Å²) in [5.41, 5.74) is 1.15. The Hall–Kier alpha value is -2.74. The monoisotopic (exact) mass is 489 g/mol. The average Bonchev–Trinajstić information content (AvgIpc) is 2.81. The summed E-state index contributed by atoms with van der Waals surface area (Å²) in [6, 6.07) is 11.6. The molecule has 1 atom stereocenters. The first kappa shape index (κ1) is 23.4. The molecule has 6 nitrogen and oxygen atoms in total. The first-order valence-corrected chi connectivity index (χ1v) is 11.3. The number of rotatable bonds is 7. The highest BCUT2D eigenvalue weighted by Crippen LogP contribution is 2.32. The van der Waals surface area contributed by atoms with Crippen molar-refractivity contribution >= 4 is 29.2 Å². The van der Waals surface area contributed by atoms with Gasteiger partial charge >= 0.3 is 5.97 Å². The third kappa shape index (κ3) is 5.61. The van der Waals surface area contributed by atoms with Gasteiger partial charge in [-0.3, -0.25) is 4.90 Å². The lowest BCUT2D eigenvalue weighted by Crippen LogP contribution is -2.34. The largest absolute Gasteiger partial charge is 0.486 e. The van der Waals surface area contributed by atoms with Crippen LogP contribution in [0.4, 0.5) is 4.39 Å². The van der Waals surface area contributed by atoms with Gasteiger partial charge in [0.2, 0.25) is 0 Å². The Bertz CT molecular complexity index is 1160. The second-order valence-electron chi connectivity index (χ2n) is 7.84. The summed E-state index contributed by atoms with van der Waals surface area (Å²) >= 11 is 12.1. The molecule has 9 heteroatoms. The van der Waals surface area contributed by atoms with Gasteiger partial charge in [-0.2, -0.15) is 0 Å². The van der Waals surface area contributed by atoms with Crippen LogP contribution in [-0.2, 0) is 13.2 Å². The Morgan fingerprint density at radius 3 is 2.76 bits per heavy atom. The number of piperidine rings is 1. The predicted molar refractivity (Wildman–Crippen MR) is 123 cm³/mol. The highest BCUT2D eigenvalue weighted by Gasteiger charge is 2.28. The third-order valence-electron chi connectivity index (χ3n) is 5.60. The molecular weight excluding hydrogens is 468 g/mol. The van der Waals surface area contributed by atoms with Crippen molar-refractivity contribution in [2.45, 2.75) is 38.5 Å². The van der Waals surface area contributed by atoms with E-state index in [9.17, 15) is 14.3 Å². The number of para-hydroxylation sites is 1. The van der Waals surface area contributed by atoms with Crippen molar-refractivity contribution in [3.63, 3.8) is 0 Å². The first-order valence-electron chi connectivity index (χ1n) is 10.6. The van der Waals surface area contributed by atoms with E-state index in [1.54, 1.807) is 36.4 Å². The number of carboxylic acid groups (broad SMARTS) is 1. The molecule has 2 heterocycles. The van der Waals surface area contributed by atoms with E-state index >= 15 is 0 Å². The van der Waals surface area contributed by atoms with E-state index in [4.69, 9.17) is 27.9 Å².